The second kappa shape index (κ2) is 7.13. The van der Waals surface area contributed by atoms with E-state index in [2.05, 4.69) is 0 Å². The molecule has 0 saturated carbocycles. The lowest BCUT2D eigenvalue weighted by Crippen LogP contribution is -2.25. The van der Waals surface area contributed by atoms with Crippen LogP contribution in [0, 0.1) is 10.1 Å². The smallest absolute Gasteiger partial charge is 0.228 e. The van der Waals surface area contributed by atoms with Crippen molar-refractivity contribution < 1.29 is 4.92 Å². The summed E-state index contributed by atoms with van der Waals surface area (Å²) in [5, 5.41) is 11.1. The molecule has 110 valence electrons. The molecule has 2 N–H and O–H groups in total. The highest BCUT2D eigenvalue weighted by Crippen LogP contribution is 2.41. The van der Waals surface area contributed by atoms with Crippen molar-refractivity contribution in [2.24, 2.45) is 0 Å². The third-order valence-electron chi connectivity index (χ3n) is 3.34. The van der Waals surface area contributed by atoms with Gasteiger partial charge in [0.25, 0.3) is 0 Å². The van der Waals surface area contributed by atoms with E-state index in [1.54, 1.807) is 0 Å². The molecule has 2 aromatic rings. The van der Waals surface area contributed by atoms with Gasteiger partial charge in [-0.25, -0.2) is 0 Å². The van der Waals surface area contributed by atoms with Crippen molar-refractivity contribution >= 4 is 17.4 Å². The van der Waals surface area contributed by atoms with Gasteiger partial charge >= 0.3 is 0 Å². The van der Waals surface area contributed by atoms with Gasteiger partial charge in [0, 0.05) is 21.9 Å². The topological polar surface area (TPSA) is 69.2 Å². The van der Waals surface area contributed by atoms with Crippen LogP contribution in [0.5, 0.6) is 0 Å². The fourth-order valence-corrected chi connectivity index (χ4v) is 3.59. The maximum absolute atomic E-state index is 11.4. The first-order chi connectivity index (χ1) is 10.1. The van der Waals surface area contributed by atoms with Crippen LogP contribution in [-0.4, -0.2) is 11.0 Å². The molecule has 0 spiro atoms. The molecule has 0 radical (unpaired) electrons. The molecule has 0 aromatic heterocycles. The van der Waals surface area contributed by atoms with Crippen molar-refractivity contribution in [3.05, 3.63) is 70.3 Å². The standard InChI is InChI=1S/C16H18N2O2S/c1-2-14(18(19)20)16(12-8-4-3-5-9-12)21-15-11-7-6-10-13(15)17/h3-11,14,16H,2,17H2,1H3. The number of thioether (sulfide) groups is 1. The van der Waals surface area contributed by atoms with E-state index in [0.29, 0.717) is 12.1 Å². The second-order valence-corrected chi connectivity index (χ2v) is 5.93. The number of hydrogen-bond donors (Lipinski definition) is 1. The Bertz CT molecular complexity index is 604. The van der Waals surface area contributed by atoms with Crippen LogP contribution in [0.3, 0.4) is 0 Å². The molecule has 0 amide bonds. The molecule has 4 nitrogen and oxygen atoms in total. The van der Waals surface area contributed by atoms with E-state index in [0.717, 1.165) is 10.5 Å². The van der Waals surface area contributed by atoms with Crippen molar-refractivity contribution in [1.29, 1.82) is 0 Å². The summed E-state index contributed by atoms with van der Waals surface area (Å²) < 4.78 is 0. The van der Waals surface area contributed by atoms with Gasteiger partial charge in [0.2, 0.25) is 6.04 Å². The SMILES string of the molecule is CCC(C(Sc1ccccc1N)c1ccccc1)[N+](=O)[O-]. The maximum atomic E-state index is 11.4. The fourth-order valence-electron chi connectivity index (χ4n) is 2.21. The number of benzene rings is 2. The number of nitrogen functional groups attached to an aromatic ring is 1. The van der Waals surface area contributed by atoms with Gasteiger partial charge < -0.3 is 5.73 Å². The summed E-state index contributed by atoms with van der Waals surface area (Å²) in [6.45, 7) is 1.85. The van der Waals surface area contributed by atoms with E-state index in [1.165, 1.54) is 11.8 Å². The van der Waals surface area contributed by atoms with Crippen molar-refractivity contribution in [3.63, 3.8) is 0 Å². The van der Waals surface area contributed by atoms with Gasteiger partial charge in [0.15, 0.2) is 0 Å². The molecular weight excluding hydrogens is 284 g/mol. The van der Waals surface area contributed by atoms with Crippen molar-refractivity contribution in [2.75, 3.05) is 5.73 Å². The molecule has 0 heterocycles. The van der Waals surface area contributed by atoms with E-state index in [1.807, 2.05) is 61.5 Å². The zero-order valence-corrected chi connectivity index (χ0v) is 12.6. The molecule has 2 atom stereocenters. The first-order valence-electron chi connectivity index (χ1n) is 6.83. The van der Waals surface area contributed by atoms with E-state index in [4.69, 9.17) is 5.73 Å². The average Bonchev–Trinajstić information content (AvgIpc) is 2.49. The maximum Gasteiger partial charge on any atom is 0.228 e. The van der Waals surface area contributed by atoms with Gasteiger partial charge in [-0.1, -0.05) is 49.4 Å². The lowest BCUT2D eigenvalue weighted by molar-refractivity contribution is -0.522. The Morgan fingerprint density at radius 2 is 1.76 bits per heavy atom. The predicted octanol–water partition coefficient (Wildman–Crippen LogP) is 4.16. The van der Waals surface area contributed by atoms with Gasteiger partial charge in [-0.15, -0.1) is 11.8 Å². The minimum absolute atomic E-state index is 0.191. The van der Waals surface area contributed by atoms with Crippen molar-refractivity contribution in [3.8, 4) is 0 Å². The van der Waals surface area contributed by atoms with Crippen LogP contribution < -0.4 is 5.73 Å². The summed E-state index contributed by atoms with van der Waals surface area (Å²) in [7, 11) is 0. The molecule has 0 fully saturated rings. The van der Waals surface area contributed by atoms with E-state index in [-0.39, 0.29) is 10.2 Å². The first-order valence-corrected chi connectivity index (χ1v) is 7.71. The number of rotatable bonds is 6. The second-order valence-electron chi connectivity index (χ2n) is 4.75. The largest absolute Gasteiger partial charge is 0.398 e. The van der Waals surface area contributed by atoms with Crippen LogP contribution in [0.1, 0.15) is 24.2 Å². The first kappa shape index (κ1) is 15.4. The highest BCUT2D eigenvalue weighted by molar-refractivity contribution is 7.99. The monoisotopic (exact) mass is 302 g/mol. The quantitative estimate of drug-likeness (QED) is 0.376. The number of nitrogens with two attached hydrogens (primary N) is 1. The Kier molecular flexibility index (Phi) is 5.22. The van der Waals surface area contributed by atoms with E-state index < -0.39 is 6.04 Å². The number of nitro groups is 1. The molecule has 2 aromatic carbocycles. The van der Waals surface area contributed by atoms with Gasteiger partial charge in [0.1, 0.15) is 5.25 Å². The number of hydrogen-bond acceptors (Lipinski definition) is 4. The number of anilines is 1. The molecule has 21 heavy (non-hydrogen) atoms. The molecular formula is C16H18N2O2S. The van der Waals surface area contributed by atoms with E-state index in [9.17, 15) is 10.1 Å². The molecule has 2 rings (SSSR count). The fraction of sp³-hybridized carbons (Fsp3) is 0.250. The van der Waals surface area contributed by atoms with Gasteiger partial charge in [0.05, 0.1) is 0 Å². The summed E-state index contributed by atoms with van der Waals surface area (Å²) in [5.41, 5.74) is 7.58. The Morgan fingerprint density at radius 3 is 2.33 bits per heavy atom. The molecule has 5 heteroatoms. The summed E-state index contributed by atoms with van der Waals surface area (Å²) in [5.74, 6) is 0. The van der Waals surface area contributed by atoms with Gasteiger partial charge in [-0.2, -0.15) is 0 Å². The van der Waals surface area contributed by atoms with Crippen LogP contribution in [0.15, 0.2) is 59.5 Å². The molecule has 0 saturated heterocycles. The third-order valence-corrected chi connectivity index (χ3v) is 4.81. The zero-order valence-electron chi connectivity index (χ0n) is 11.8. The molecule has 0 aliphatic heterocycles. The highest BCUT2D eigenvalue weighted by atomic mass is 32.2. The van der Waals surface area contributed by atoms with Crippen molar-refractivity contribution in [2.45, 2.75) is 29.5 Å². The molecule has 0 aliphatic carbocycles. The number of nitrogens with zero attached hydrogens (tertiary/aromatic N) is 1. The van der Waals surface area contributed by atoms with Crippen LogP contribution in [0.2, 0.25) is 0 Å². The van der Waals surface area contributed by atoms with Crippen LogP contribution in [-0.2, 0) is 0 Å². The normalized spacial score (nSPS) is 13.6. The van der Waals surface area contributed by atoms with E-state index >= 15 is 0 Å². The lowest BCUT2D eigenvalue weighted by Gasteiger charge is -2.20. The molecule has 2 unspecified atom stereocenters. The minimum atomic E-state index is -0.642. The number of para-hydroxylation sites is 1. The zero-order chi connectivity index (χ0) is 15.2. The van der Waals surface area contributed by atoms with Gasteiger partial charge in [-0.3, -0.25) is 10.1 Å². The summed E-state index contributed by atoms with van der Waals surface area (Å²) >= 11 is 1.46. The Labute approximate surface area is 128 Å². The summed E-state index contributed by atoms with van der Waals surface area (Å²) in [6, 6.07) is 16.4. The molecule has 0 bridgehead atoms. The average molecular weight is 302 g/mol. The predicted molar refractivity (Wildman–Crippen MR) is 87.0 cm³/mol. The van der Waals surface area contributed by atoms with Gasteiger partial charge in [-0.05, 0) is 17.7 Å². The Balaban J connectivity index is 2.37. The summed E-state index contributed by atoms with van der Waals surface area (Å²) in [6.07, 6.45) is 0.478. The minimum Gasteiger partial charge on any atom is -0.398 e. The van der Waals surface area contributed by atoms with Crippen LogP contribution >= 0.6 is 11.8 Å². The summed E-state index contributed by atoms with van der Waals surface area (Å²) in [4.78, 5) is 12.1. The van der Waals surface area contributed by atoms with Crippen molar-refractivity contribution in [1.82, 2.24) is 0 Å². The van der Waals surface area contributed by atoms with Crippen LogP contribution in [0.25, 0.3) is 0 Å². The third kappa shape index (κ3) is 3.76. The highest BCUT2D eigenvalue weighted by Gasteiger charge is 2.32. The molecule has 0 aliphatic rings. The van der Waals surface area contributed by atoms with Crippen LogP contribution in [0.4, 0.5) is 5.69 Å². The Hall–Kier alpha value is -2.01. The lowest BCUT2D eigenvalue weighted by atomic mass is 10.0. The Morgan fingerprint density at radius 1 is 1.14 bits per heavy atom.